The van der Waals surface area contributed by atoms with Gasteiger partial charge in [0.15, 0.2) is 0 Å². The largest absolute Gasteiger partial charge is 0.461 e. The van der Waals surface area contributed by atoms with Crippen LogP contribution in [0.4, 0.5) is 0 Å². The van der Waals surface area contributed by atoms with Gasteiger partial charge in [-0.05, 0) is 5.41 Å². The lowest BCUT2D eigenvalue weighted by atomic mass is 9.77. The fourth-order valence-corrected chi connectivity index (χ4v) is 2.63. The summed E-state index contributed by atoms with van der Waals surface area (Å²) >= 11 is 0. The van der Waals surface area contributed by atoms with Crippen LogP contribution in [0.5, 0.6) is 0 Å². The summed E-state index contributed by atoms with van der Waals surface area (Å²) in [6, 6.07) is 0. The van der Waals surface area contributed by atoms with Crippen LogP contribution in [-0.2, 0) is 9.53 Å². The van der Waals surface area contributed by atoms with E-state index in [1.54, 1.807) is 0 Å². The Morgan fingerprint density at radius 2 is 2.00 bits per heavy atom. The molecule has 1 fully saturated rings. The Balaban J connectivity index is 2.25. The van der Waals surface area contributed by atoms with Gasteiger partial charge in [-0.15, -0.1) is 0 Å². The fourth-order valence-electron chi connectivity index (χ4n) is 2.63. The van der Waals surface area contributed by atoms with Gasteiger partial charge in [0.05, 0.1) is 11.0 Å². The molecule has 2 nitrogen and oxygen atoms in total. The molecule has 4 aliphatic rings. The first-order valence-corrected chi connectivity index (χ1v) is 5.33. The summed E-state index contributed by atoms with van der Waals surface area (Å²) in [5.41, 5.74) is 0.561. The maximum atomic E-state index is 11.7. The summed E-state index contributed by atoms with van der Waals surface area (Å²) in [6.07, 6.45) is 10.7. The van der Waals surface area contributed by atoms with Crippen molar-refractivity contribution in [2.45, 2.75) is 13.8 Å². The van der Waals surface area contributed by atoms with Gasteiger partial charge in [0.2, 0.25) is 0 Å². The lowest BCUT2D eigenvalue weighted by Crippen LogP contribution is -2.20. The molecular formula is C13H14O2. The first-order chi connectivity index (χ1) is 7.04. The Kier molecular flexibility index (Phi) is 1.45. The van der Waals surface area contributed by atoms with E-state index in [4.69, 9.17) is 4.74 Å². The molecule has 1 saturated heterocycles. The highest BCUT2D eigenvalue weighted by Gasteiger charge is 2.47. The number of carbonyl (C=O) groups is 1. The highest BCUT2D eigenvalue weighted by Crippen LogP contribution is 2.49. The molecule has 0 unspecified atom stereocenters. The average molecular weight is 202 g/mol. The van der Waals surface area contributed by atoms with E-state index in [9.17, 15) is 4.79 Å². The van der Waals surface area contributed by atoms with Crippen LogP contribution in [0.3, 0.4) is 0 Å². The monoisotopic (exact) mass is 202 g/mol. The van der Waals surface area contributed by atoms with Crippen LogP contribution in [0, 0.1) is 16.7 Å². The molecule has 15 heavy (non-hydrogen) atoms. The topological polar surface area (TPSA) is 26.3 Å². The van der Waals surface area contributed by atoms with Crippen LogP contribution in [-0.4, -0.2) is 12.6 Å². The van der Waals surface area contributed by atoms with Crippen molar-refractivity contribution in [2.24, 2.45) is 16.7 Å². The molecule has 0 atom stereocenters. The average Bonchev–Trinajstić information content (AvgIpc) is 2.39. The molecule has 0 N–H and O–H groups in total. The second-order valence-electron chi connectivity index (χ2n) is 5.24. The van der Waals surface area contributed by atoms with Gasteiger partial charge >= 0.3 is 5.97 Å². The molecule has 4 rings (SSSR count). The third-order valence-electron chi connectivity index (χ3n) is 3.74. The summed E-state index contributed by atoms with van der Waals surface area (Å²) < 4.78 is 5.16. The molecule has 0 saturated carbocycles. The van der Waals surface area contributed by atoms with Gasteiger partial charge < -0.3 is 4.74 Å². The van der Waals surface area contributed by atoms with Crippen LogP contribution < -0.4 is 0 Å². The molecule has 1 aliphatic heterocycles. The van der Waals surface area contributed by atoms with Crippen LogP contribution in [0.25, 0.3) is 0 Å². The van der Waals surface area contributed by atoms with Gasteiger partial charge in [-0.2, -0.15) is 0 Å². The van der Waals surface area contributed by atoms with Crippen molar-refractivity contribution < 1.29 is 9.53 Å². The number of allylic oxidation sites excluding steroid dienone is 3. The molecule has 0 aromatic heterocycles. The first-order valence-electron chi connectivity index (χ1n) is 5.33. The molecule has 2 heteroatoms. The van der Waals surface area contributed by atoms with Crippen molar-refractivity contribution in [2.75, 3.05) is 6.61 Å². The number of rotatable bonds is 0. The second-order valence-corrected chi connectivity index (χ2v) is 5.24. The molecule has 1 heterocycles. The Labute approximate surface area is 89.3 Å². The van der Waals surface area contributed by atoms with Gasteiger partial charge in [0.1, 0.15) is 6.61 Å². The number of esters is 1. The van der Waals surface area contributed by atoms with Crippen molar-refractivity contribution in [3.8, 4) is 0 Å². The highest BCUT2D eigenvalue weighted by molar-refractivity contribution is 5.94. The van der Waals surface area contributed by atoms with Crippen LogP contribution in [0.2, 0.25) is 0 Å². The smallest absolute Gasteiger partial charge is 0.335 e. The minimum absolute atomic E-state index is 0.00391. The first kappa shape index (κ1) is 8.96. The Morgan fingerprint density at radius 3 is 2.67 bits per heavy atom. The van der Waals surface area contributed by atoms with E-state index in [1.165, 1.54) is 0 Å². The minimum atomic E-state index is -0.263. The van der Waals surface area contributed by atoms with Gasteiger partial charge in [-0.1, -0.05) is 44.2 Å². The van der Waals surface area contributed by atoms with Crippen molar-refractivity contribution in [1.82, 2.24) is 0 Å². The second kappa shape index (κ2) is 2.43. The third-order valence-corrected chi connectivity index (χ3v) is 3.74. The van der Waals surface area contributed by atoms with Gasteiger partial charge in [-0.3, -0.25) is 0 Å². The van der Waals surface area contributed by atoms with Crippen LogP contribution in [0.15, 0.2) is 36.0 Å². The zero-order chi connectivity index (χ0) is 10.7. The number of hydrogen-bond donors (Lipinski definition) is 0. The maximum Gasteiger partial charge on any atom is 0.335 e. The number of ether oxygens (including phenoxy) is 1. The van der Waals surface area contributed by atoms with E-state index in [1.807, 2.05) is 0 Å². The van der Waals surface area contributed by atoms with E-state index in [0.29, 0.717) is 12.5 Å². The summed E-state index contributed by atoms with van der Waals surface area (Å²) in [6.45, 7) is 4.78. The summed E-state index contributed by atoms with van der Waals surface area (Å²) in [7, 11) is 0. The molecule has 0 radical (unpaired) electrons. The van der Waals surface area contributed by atoms with E-state index in [0.717, 1.165) is 5.57 Å². The zero-order valence-electron chi connectivity index (χ0n) is 8.99. The van der Waals surface area contributed by atoms with Crippen molar-refractivity contribution in [3.05, 3.63) is 36.0 Å². The quantitative estimate of drug-likeness (QED) is 0.445. The minimum Gasteiger partial charge on any atom is -0.461 e. The molecule has 1 spiro atoms. The molecule has 78 valence electrons. The summed E-state index contributed by atoms with van der Waals surface area (Å²) in [5.74, 6) is 0.244. The number of hydrogen-bond acceptors (Lipinski definition) is 2. The Hall–Kier alpha value is -1.31. The van der Waals surface area contributed by atoms with Gasteiger partial charge in [-0.25, -0.2) is 4.79 Å². The van der Waals surface area contributed by atoms with E-state index in [-0.39, 0.29) is 16.8 Å². The van der Waals surface area contributed by atoms with Crippen LogP contribution >= 0.6 is 0 Å². The molecule has 0 aromatic rings. The van der Waals surface area contributed by atoms with Crippen molar-refractivity contribution in [1.29, 1.82) is 0 Å². The van der Waals surface area contributed by atoms with Gasteiger partial charge in [0.25, 0.3) is 0 Å². The predicted octanol–water partition coefficient (Wildman–Crippen LogP) is 2.24. The Morgan fingerprint density at radius 1 is 1.33 bits per heavy atom. The van der Waals surface area contributed by atoms with Crippen molar-refractivity contribution in [3.63, 3.8) is 0 Å². The summed E-state index contributed by atoms with van der Waals surface area (Å²) in [5, 5.41) is 0. The molecular weight excluding hydrogens is 188 g/mol. The lowest BCUT2D eigenvalue weighted by molar-refractivity contribution is -0.135. The fraction of sp³-hybridized carbons (Fsp3) is 0.462. The molecule has 0 amide bonds. The molecule has 2 bridgehead atoms. The third kappa shape index (κ3) is 1.02. The number of carbonyl (C=O) groups excluding carboxylic acids is 1. The highest BCUT2D eigenvalue weighted by atomic mass is 16.5. The lowest BCUT2D eigenvalue weighted by Gasteiger charge is -2.27. The van der Waals surface area contributed by atoms with E-state index >= 15 is 0 Å². The van der Waals surface area contributed by atoms with Gasteiger partial charge in [0, 0.05) is 5.92 Å². The summed E-state index contributed by atoms with van der Waals surface area (Å²) in [4.78, 5) is 11.7. The van der Waals surface area contributed by atoms with Crippen molar-refractivity contribution >= 4 is 5.97 Å². The molecule has 3 aliphatic carbocycles. The van der Waals surface area contributed by atoms with Crippen LogP contribution in [0.1, 0.15) is 13.8 Å². The SMILES string of the molecule is CC1(C)C=C2C(=O)OCC23C=CC1C=C3. The predicted molar refractivity (Wildman–Crippen MR) is 57.0 cm³/mol. The van der Waals surface area contributed by atoms with E-state index < -0.39 is 0 Å². The Bertz CT molecular complexity index is 410. The number of cyclic esters (lactones) is 1. The zero-order valence-corrected chi connectivity index (χ0v) is 8.99. The maximum absolute atomic E-state index is 11.7. The number of fused-ring (bicyclic) bond motifs is 1. The standard InChI is InChI=1S/C13H14O2/c1-12(2)7-10-11(14)15-8-13(10)5-3-9(12)4-6-13/h3-7,9H,8H2,1-2H3. The molecule has 0 aromatic carbocycles. The normalized spacial score (nSPS) is 39.7. The van der Waals surface area contributed by atoms with E-state index in [2.05, 4.69) is 44.2 Å².